The van der Waals surface area contributed by atoms with Crippen molar-refractivity contribution in [3.63, 3.8) is 0 Å². The lowest BCUT2D eigenvalue weighted by molar-refractivity contribution is -0.119. The van der Waals surface area contributed by atoms with Crippen molar-refractivity contribution >= 4 is 46.8 Å². The zero-order chi connectivity index (χ0) is 19.0. The fourth-order valence-electron chi connectivity index (χ4n) is 3.33. The average Bonchev–Trinajstić information content (AvgIpc) is 2.96. The topological polar surface area (TPSA) is 69.2 Å². The number of H-pyrrole nitrogens is 1. The standard InChI is InChI=1S/C19H16ClN3O2S2/c20-16-6-4-11(9-21-16)10-23-14-3-1-2-12(13(14)5-7-17(23)24)8-15-18(25)22-19(26)27-15/h1-4,6,9,25H,5,7-8,10H2,(H,22,26). The number of hydrogen-bond acceptors (Lipinski definition) is 5. The monoisotopic (exact) mass is 417 g/mol. The Kier molecular flexibility index (Phi) is 4.99. The zero-order valence-corrected chi connectivity index (χ0v) is 16.6. The fraction of sp³-hybridized carbons (Fsp3) is 0.211. The van der Waals surface area contributed by atoms with Gasteiger partial charge < -0.3 is 15.0 Å². The number of hydrogen-bond donors (Lipinski definition) is 2. The van der Waals surface area contributed by atoms with Gasteiger partial charge in [0.1, 0.15) is 5.15 Å². The first-order chi connectivity index (χ1) is 13.0. The van der Waals surface area contributed by atoms with Crippen LogP contribution in [-0.2, 0) is 24.2 Å². The highest BCUT2D eigenvalue weighted by Gasteiger charge is 2.26. The highest BCUT2D eigenvalue weighted by Crippen LogP contribution is 2.34. The van der Waals surface area contributed by atoms with Crippen molar-refractivity contribution in [3.05, 3.63) is 67.2 Å². The van der Waals surface area contributed by atoms with Gasteiger partial charge in [-0.1, -0.05) is 29.8 Å². The van der Waals surface area contributed by atoms with Crippen LogP contribution >= 0.6 is 35.2 Å². The summed E-state index contributed by atoms with van der Waals surface area (Å²) >= 11 is 12.3. The van der Waals surface area contributed by atoms with Crippen molar-refractivity contribution < 1.29 is 9.90 Å². The van der Waals surface area contributed by atoms with Gasteiger partial charge in [-0.3, -0.25) is 4.79 Å². The van der Waals surface area contributed by atoms with Crippen LogP contribution < -0.4 is 4.90 Å². The quantitative estimate of drug-likeness (QED) is 0.479. The average molecular weight is 418 g/mol. The van der Waals surface area contributed by atoms with Crippen LogP contribution in [-0.4, -0.2) is 21.0 Å². The molecule has 1 aromatic carbocycles. The lowest BCUT2D eigenvalue weighted by Gasteiger charge is -2.31. The summed E-state index contributed by atoms with van der Waals surface area (Å²) in [5.41, 5.74) is 4.07. The van der Waals surface area contributed by atoms with Crippen molar-refractivity contribution in [1.82, 2.24) is 9.97 Å². The van der Waals surface area contributed by atoms with Gasteiger partial charge in [-0.05, 0) is 47.5 Å². The zero-order valence-electron chi connectivity index (χ0n) is 14.2. The Morgan fingerprint density at radius 3 is 2.85 bits per heavy atom. The number of pyridine rings is 1. The molecule has 1 aliphatic rings. The van der Waals surface area contributed by atoms with E-state index in [9.17, 15) is 9.90 Å². The minimum atomic E-state index is 0.0924. The van der Waals surface area contributed by atoms with Gasteiger partial charge in [0.25, 0.3) is 0 Å². The third-order valence-electron chi connectivity index (χ3n) is 4.61. The minimum absolute atomic E-state index is 0.0924. The number of carbonyl (C=O) groups is 1. The molecule has 0 unspecified atom stereocenters. The third-order valence-corrected chi connectivity index (χ3v) is 6.06. The lowest BCUT2D eigenvalue weighted by Crippen LogP contribution is -2.35. The van der Waals surface area contributed by atoms with E-state index in [1.54, 1.807) is 17.2 Å². The number of anilines is 1. The maximum absolute atomic E-state index is 12.6. The van der Waals surface area contributed by atoms with Crippen LogP contribution in [0.2, 0.25) is 5.15 Å². The maximum Gasteiger partial charge on any atom is 0.227 e. The van der Waals surface area contributed by atoms with E-state index < -0.39 is 0 Å². The van der Waals surface area contributed by atoms with E-state index >= 15 is 0 Å². The Morgan fingerprint density at radius 1 is 1.30 bits per heavy atom. The van der Waals surface area contributed by atoms with Crippen molar-refractivity contribution in [3.8, 4) is 5.88 Å². The molecule has 0 fully saturated rings. The molecule has 4 rings (SSSR count). The smallest absolute Gasteiger partial charge is 0.227 e. The molecule has 2 N–H and O–H groups in total. The van der Waals surface area contributed by atoms with Gasteiger partial charge in [-0.2, -0.15) is 0 Å². The SMILES string of the molecule is O=C1CCc2c(Cc3sc(=S)[nH]c3O)cccc2N1Cc1ccc(Cl)nc1. The number of rotatable bonds is 4. The number of aromatic hydroxyl groups is 1. The van der Waals surface area contributed by atoms with Crippen LogP contribution in [0.25, 0.3) is 0 Å². The van der Waals surface area contributed by atoms with E-state index in [1.807, 2.05) is 24.3 Å². The van der Waals surface area contributed by atoms with Gasteiger partial charge in [-0.25, -0.2) is 4.98 Å². The van der Waals surface area contributed by atoms with Crippen LogP contribution in [0, 0.1) is 3.95 Å². The third kappa shape index (κ3) is 3.76. The minimum Gasteiger partial charge on any atom is -0.494 e. The van der Waals surface area contributed by atoms with Crippen molar-refractivity contribution in [1.29, 1.82) is 0 Å². The van der Waals surface area contributed by atoms with Gasteiger partial charge in [0.2, 0.25) is 11.8 Å². The summed E-state index contributed by atoms with van der Waals surface area (Å²) < 4.78 is 0.555. The Labute approximate surface area is 170 Å². The number of fused-ring (bicyclic) bond motifs is 1. The van der Waals surface area contributed by atoms with Crippen LogP contribution in [0.3, 0.4) is 0 Å². The molecule has 0 bridgehead atoms. The largest absolute Gasteiger partial charge is 0.494 e. The second-order valence-corrected chi connectivity index (χ2v) is 8.51. The predicted octanol–water partition coefficient (Wildman–Crippen LogP) is 4.63. The first kappa shape index (κ1) is 18.2. The van der Waals surface area contributed by atoms with Crippen LogP contribution in [0.5, 0.6) is 5.88 Å². The van der Waals surface area contributed by atoms with Gasteiger partial charge in [0.05, 0.1) is 11.4 Å². The molecule has 0 atom stereocenters. The summed E-state index contributed by atoms with van der Waals surface area (Å²) in [4.78, 5) is 22.0. The summed E-state index contributed by atoms with van der Waals surface area (Å²) in [6, 6.07) is 9.57. The molecular weight excluding hydrogens is 402 g/mol. The van der Waals surface area contributed by atoms with Crippen LogP contribution in [0.4, 0.5) is 5.69 Å². The second kappa shape index (κ2) is 7.42. The highest BCUT2D eigenvalue weighted by molar-refractivity contribution is 7.73. The molecule has 138 valence electrons. The van der Waals surface area contributed by atoms with Crippen LogP contribution in [0.15, 0.2) is 36.5 Å². The molecule has 8 heteroatoms. The number of nitrogens with one attached hydrogen (secondary N) is 1. The normalized spacial score (nSPS) is 13.7. The number of nitrogens with zero attached hydrogens (tertiary/aromatic N) is 2. The molecule has 1 aliphatic heterocycles. The summed E-state index contributed by atoms with van der Waals surface area (Å²) in [7, 11) is 0. The van der Waals surface area contributed by atoms with E-state index in [-0.39, 0.29) is 11.8 Å². The number of amides is 1. The summed E-state index contributed by atoms with van der Waals surface area (Å²) in [5.74, 6) is 0.216. The van der Waals surface area contributed by atoms with E-state index in [0.29, 0.717) is 34.9 Å². The van der Waals surface area contributed by atoms with Gasteiger partial charge in [-0.15, -0.1) is 11.3 Å². The Hall–Kier alpha value is -2.22. The van der Waals surface area contributed by atoms with E-state index in [2.05, 4.69) is 9.97 Å². The molecule has 0 saturated carbocycles. The number of halogens is 1. The van der Waals surface area contributed by atoms with Crippen LogP contribution in [0.1, 0.15) is 28.0 Å². The molecule has 0 saturated heterocycles. The first-order valence-electron chi connectivity index (χ1n) is 8.44. The molecule has 3 aromatic rings. The lowest BCUT2D eigenvalue weighted by atomic mass is 9.93. The molecule has 0 aliphatic carbocycles. The van der Waals surface area contributed by atoms with Crippen molar-refractivity contribution in [2.45, 2.75) is 25.8 Å². The van der Waals surface area contributed by atoms with E-state index in [1.165, 1.54) is 11.3 Å². The fourth-order valence-corrected chi connectivity index (χ4v) is 4.59. The van der Waals surface area contributed by atoms with Crippen molar-refractivity contribution in [2.24, 2.45) is 0 Å². The van der Waals surface area contributed by atoms with E-state index in [0.717, 1.165) is 27.3 Å². The first-order valence-corrected chi connectivity index (χ1v) is 10.0. The molecule has 5 nitrogen and oxygen atoms in total. The summed E-state index contributed by atoms with van der Waals surface area (Å²) in [6.07, 6.45) is 3.42. The predicted molar refractivity (Wildman–Crippen MR) is 109 cm³/mol. The number of benzene rings is 1. The molecule has 0 radical (unpaired) electrons. The Bertz CT molecular complexity index is 1060. The molecule has 27 heavy (non-hydrogen) atoms. The molecule has 3 heterocycles. The van der Waals surface area contributed by atoms with Gasteiger partial charge >= 0.3 is 0 Å². The molecule has 1 amide bonds. The number of aromatic nitrogens is 2. The molecule has 0 spiro atoms. The Morgan fingerprint density at radius 2 is 2.15 bits per heavy atom. The number of carbonyl (C=O) groups excluding carboxylic acids is 1. The maximum atomic E-state index is 12.6. The number of aromatic amines is 1. The second-order valence-electron chi connectivity index (χ2n) is 6.35. The number of thiazole rings is 1. The van der Waals surface area contributed by atoms with Gasteiger partial charge in [0, 0.05) is 24.7 Å². The van der Waals surface area contributed by atoms with Gasteiger partial charge in [0.15, 0.2) is 3.95 Å². The Balaban J connectivity index is 1.68. The summed E-state index contributed by atoms with van der Waals surface area (Å²) in [6.45, 7) is 0.452. The molecular formula is C19H16ClN3O2S2. The van der Waals surface area contributed by atoms with Crippen molar-refractivity contribution in [2.75, 3.05) is 4.90 Å². The highest BCUT2D eigenvalue weighted by atomic mass is 35.5. The molecule has 2 aromatic heterocycles. The summed E-state index contributed by atoms with van der Waals surface area (Å²) in [5, 5.41) is 10.4. The van der Waals surface area contributed by atoms with E-state index in [4.69, 9.17) is 23.8 Å².